The molecule has 0 N–H and O–H groups in total. The van der Waals surface area contributed by atoms with Gasteiger partial charge in [0.1, 0.15) is 5.75 Å². The van der Waals surface area contributed by atoms with E-state index in [2.05, 4.69) is 15.5 Å². The van der Waals surface area contributed by atoms with Gasteiger partial charge in [0, 0.05) is 42.8 Å². The van der Waals surface area contributed by atoms with Crippen LogP contribution in [0.3, 0.4) is 0 Å². The van der Waals surface area contributed by atoms with Crippen LogP contribution in [0.15, 0.2) is 48.5 Å². The maximum Gasteiger partial charge on any atom is 0.199 e. The van der Waals surface area contributed by atoms with Crippen LogP contribution in [-0.4, -0.2) is 55.2 Å². The second-order valence-electron chi connectivity index (χ2n) is 7.11. The van der Waals surface area contributed by atoms with Gasteiger partial charge in [-0.25, -0.2) is 0 Å². The smallest absolute Gasteiger partial charge is 0.199 e. The molecule has 0 unspecified atom stereocenters. The predicted molar refractivity (Wildman–Crippen MR) is 110 cm³/mol. The van der Waals surface area contributed by atoms with Crippen LogP contribution in [0.1, 0.15) is 21.6 Å². The molecular weight excluding hydrogens is 352 g/mol. The van der Waals surface area contributed by atoms with Gasteiger partial charge in [-0.05, 0) is 25.1 Å². The quantitative estimate of drug-likeness (QED) is 0.616. The van der Waals surface area contributed by atoms with Gasteiger partial charge >= 0.3 is 0 Å². The van der Waals surface area contributed by atoms with Gasteiger partial charge in [-0.3, -0.25) is 9.69 Å². The zero-order chi connectivity index (χ0) is 19.5. The average Bonchev–Trinajstić information content (AvgIpc) is 3.03. The predicted octanol–water partition coefficient (Wildman–Crippen LogP) is 3.52. The SMILES string of the molecule is COc1ccccc1C(=O)c1c(C)n(CCN2CCOCC2)c2ccccc12. The summed E-state index contributed by atoms with van der Waals surface area (Å²) in [6.07, 6.45) is 0. The standard InChI is InChI=1S/C23H26N2O3/c1-17-22(23(26)19-8-4-6-10-21(19)27-2)18-7-3-5-9-20(18)25(17)12-11-24-13-15-28-16-14-24/h3-10H,11-16H2,1-2H3. The van der Waals surface area contributed by atoms with Gasteiger partial charge in [-0.1, -0.05) is 30.3 Å². The fraction of sp³-hybridized carbons (Fsp3) is 0.348. The number of benzene rings is 2. The van der Waals surface area contributed by atoms with Crippen molar-refractivity contribution in [3.05, 3.63) is 65.4 Å². The number of aromatic nitrogens is 1. The van der Waals surface area contributed by atoms with Gasteiger partial charge in [0.25, 0.3) is 0 Å². The molecule has 0 spiro atoms. The topological polar surface area (TPSA) is 43.7 Å². The molecule has 0 bridgehead atoms. The first kappa shape index (κ1) is 18.7. The highest BCUT2D eigenvalue weighted by molar-refractivity contribution is 6.18. The van der Waals surface area contributed by atoms with Crippen molar-refractivity contribution in [2.45, 2.75) is 13.5 Å². The molecule has 5 heteroatoms. The van der Waals surface area contributed by atoms with Gasteiger partial charge in [-0.15, -0.1) is 0 Å². The Morgan fingerprint density at radius 1 is 1.04 bits per heavy atom. The number of hydrogen-bond acceptors (Lipinski definition) is 4. The summed E-state index contributed by atoms with van der Waals surface area (Å²) < 4.78 is 13.1. The molecule has 0 amide bonds. The molecule has 1 aliphatic heterocycles. The fourth-order valence-electron chi connectivity index (χ4n) is 4.04. The van der Waals surface area contributed by atoms with E-state index in [1.54, 1.807) is 7.11 Å². The van der Waals surface area contributed by atoms with Crippen LogP contribution in [-0.2, 0) is 11.3 Å². The molecule has 3 aromatic rings. The Bertz CT molecular complexity index is 987. The Balaban J connectivity index is 1.72. The molecule has 5 nitrogen and oxygen atoms in total. The lowest BCUT2D eigenvalue weighted by Crippen LogP contribution is -2.38. The van der Waals surface area contributed by atoms with Gasteiger partial charge in [0.2, 0.25) is 0 Å². The number of hydrogen-bond donors (Lipinski definition) is 0. The lowest BCUT2D eigenvalue weighted by molar-refractivity contribution is 0.0365. The molecule has 0 radical (unpaired) electrons. The Kier molecular flexibility index (Phi) is 5.46. The summed E-state index contributed by atoms with van der Waals surface area (Å²) in [5.74, 6) is 0.619. The van der Waals surface area contributed by atoms with E-state index in [0.29, 0.717) is 11.3 Å². The number of para-hydroxylation sites is 2. The summed E-state index contributed by atoms with van der Waals surface area (Å²) in [6.45, 7) is 7.36. The molecule has 28 heavy (non-hydrogen) atoms. The van der Waals surface area contributed by atoms with Crippen LogP contribution in [0.5, 0.6) is 5.75 Å². The Morgan fingerprint density at radius 2 is 1.75 bits per heavy atom. The van der Waals surface area contributed by atoms with Crippen LogP contribution in [0, 0.1) is 6.92 Å². The maximum atomic E-state index is 13.5. The highest BCUT2D eigenvalue weighted by Gasteiger charge is 2.23. The number of ketones is 1. The Labute approximate surface area is 165 Å². The molecule has 4 rings (SSSR count). The Morgan fingerprint density at radius 3 is 2.54 bits per heavy atom. The number of fused-ring (bicyclic) bond motifs is 1. The van der Waals surface area contributed by atoms with Crippen molar-refractivity contribution in [3.63, 3.8) is 0 Å². The summed E-state index contributed by atoms with van der Waals surface area (Å²) >= 11 is 0. The third-order valence-corrected chi connectivity index (χ3v) is 5.55. The number of methoxy groups -OCH3 is 1. The molecule has 0 saturated carbocycles. The third-order valence-electron chi connectivity index (χ3n) is 5.55. The zero-order valence-corrected chi connectivity index (χ0v) is 16.5. The first-order chi connectivity index (χ1) is 13.7. The van der Waals surface area contributed by atoms with Crippen LogP contribution >= 0.6 is 0 Å². The van der Waals surface area contributed by atoms with Crippen LogP contribution in [0.25, 0.3) is 10.9 Å². The number of ether oxygens (including phenoxy) is 2. The molecule has 0 atom stereocenters. The highest BCUT2D eigenvalue weighted by Crippen LogP contribution is 2.30. The lowest BCUT2D eigenvalue weighted by Gasteiger charge is -2.27. The third kappa shape index (κ3) is 3.43. The highest BCUT2D eigenvalue weighted by atomic mass is 16.5. The van der Waals surface area contributed by atoms with Crippen LogP contribution < -0.4 is 4.74 Å². The van der Waals surface area contributed by atoms with Crippen molar-refractivity contribution in [1.82, 2.24) is 9.47 Å². The summed E-state index contributed by atoms with van der Waals surface area (Å²) in [6, 6.07) is 15.6. The maximum absolute atomic E-state index is 13.5. The second-order valence-corrected chi connectivity index (χ2v) is 7.11. The summed E-state index contributed by atoms with van der Waals surface area (Å²) in [4.78, 5) is 15.9. The number of carbonyl (C=O) groups is 1. The second kappa shape index (κ2) is 8.17. The first-order valence-electron chi connectivity index (χ1n) is 9.76. The van der Waals surface area contributed by atoms with Gasteiger partial charge < -0.3 is 14.0 Å². The molecule has 2 heterocycles. The molecule has 146 valence electrons. The molecule has 1 aliphatic rings. The average molecular weight is 378 g/mol. The van der Waals surface area contributed by atoms with E-state index in [9.17, 15) is 4.79 Å². The van der Waals surface area contributed by atoms with Crippen molar-refractivity contribution in [1.29, 1.82) is 0 Å². The van der Waals surface area contributed by atoms with E-state index < -0.39 is 0 Å². The largest absolute Gasteiger partial charge is 0.496 e. The summed E-state index contributed by atoms with van der Waals surface area (Å²) in [5, 5.41) is 0.998. The van der Waals surface area contributed by atoms with Crippen LogP contribution in [0.4, 0.5) is 0 Å². The van der Waals surface area contributed by atoms with E-state index in [-0.39, 0.29) is 5.78 Å². The first-order valence-corrected chi connectivity index (χ1v) is 9.76. The van der Waals surface area contributed by atoms with Crippen molar-refractivity contribution < 1.29 is 14.3 Å². The molecule has 1 saturated heterocycles. The van der Waals surface area contributed by atoms with Gasteiger partial charge in [0.05, 0.1) is 31.5 Å². The van der Waals surface area contributed by atoms with Crippen molar-refractivity contribution in [2.75, 3.05) is 40.0 Å². The molecule has 1 fully saturated rings. The minimum Gasteiger partial charge on any atom is -0.496 e. The number of rotatable bonds is 6. The van der Waals surface area contributed by atoms with Crippen LogP contribution in [0.2, 0.25) is 0 Å². The zero-order valence-electron chi connectivity index (χ0n) is 16.5. The van der Waals surface area contributed by atoms with E-state index >= 15 is 0 Å². The number of morpholine rings is 1. The molecule has 2 aromatic carbocycles. The molecule has 0 aliphatic carbocycles. The van der Waals surface area contributed by atoms with Crippen molar-refractivity contribution >= 4 is 16.7 Å². The monoisotopic (exact) mass is 378 g/mol. The summed E-state index contributed by atoms with van der Waals surface area (Å²) in [7, 11) is 1.60. The number of nitrogens with zero attached hydrogens (tertiary/aromatic N) is 2. The minimum absolute atomic E-state index is 0.0104. The van der Waals surface area contributed by atoms with Gasteiger partial charge in [-0.2, -0.15) is 0 Å². The Hall–Kier alpha value is -2.63. The van der Waals surface area contributed by atoms with Crippen molar-refractivity contribution in [3.8, 4) is 5.75 Å². The van der Waals surface area contributed by atoms with Crippen molar-refractivity contribution in [2.24, 2.45) is 0 Å². The van der Waals surface area contributed by atoms with E-state index in [4.69, 9.17) is 9.47 Å². The lowest BCUT2D eigenvalue weighted by atomic mass is 10.00. The minimum atomic E-state index is 0.0104. The van der Waals surface area contributed by atoms with E-state index in [1.807, 2.05) is 49.4 Å². The molecular formula is C23H26N2O3. The summed E-state index contributed by atoms with van der Waals surface area (Å²) in [5.41, 5.74) is 3.48. The van der Waals surface area contributed by atoms with E-state index in [1.165, 1.54) is 0 Å². The van der Waals surface area contributed by atoms with Gasteiger partial charge in [0.15, 0.2) is 5.78 Å². The number of carbonyl (C=O) groups excluding carboxylic acids is 1. The molecule has 1 aromatic heterocycles. The normalized spacial score (nSPS) is 15.1. The fourth-order valence-corrected chi connectivity index (χ4v) is 4.04. The van der Waals surface area contributed by atoms with E-state index in [0.717, 1.165) is 61.6 Å².